The van der Waals surface area contributed by atoms with Crippen LogP contribution in [0.5, 0.6) is 0 Å². The molecular weight excluding hydrogens is 292 g/mol. The van der Waals surface area contributed by atoms with Crippen LogP contribution in [0.1, 0.15) is 6.42 Å². The van der Waals surface area contributed by atoms with Crippen LogP contribution in [0, 0.1) is 0 Å². The summed E-state index contributed by atoms with van der Waals surface area (Å²) < 4.78 is 22.0. The first kappa shape index (κ1) is 18.0. The van der Waals surface area contributed by atoms with Gasteiger partial charge in [0, 0.05) is 25.6 Å². The lowest BCUT2D eigenvalue weighted by Gasteiger charge is -2.20. The number of urea groups is 1. The molecule has 0 aliphatic rings. The number of carboxylic acid groups (broad SMARTS) is 1. The van der Waals surface area contributed by atoms with Crippen molar-refractivity contribution in [2.45, 2.75) is 12.5 Å². The first-order valence-corrected chi connectivity index (χ1v) is 9.04. The van der Waals surface area contributed by atoms with Crippen LogP contribution in [0.25, 0.3) is 0 Å². The number of carboxylic acids is 1. The maximum Gasteiger partial charge on any atom is 0.326 e. The van der Waals surface area contributed by atoms with Crippen LogP contribution < -0.4 is 5.32 Å². The van der Waals surface area contributed by atoms with Gasteiger partial charge in [0.25, 0.3) is 0 Å². The Morgan fingerprint density at radius 2 is 2.00 bits per heavy atom. The zero-order chi connectivity index (χ0) is 15.1. The Morgan fingerprint density at radius 3 is 2.42 bits per heavy atom. The van der Waals surface area contributed by atoms with Crippen molar-refractivity contribution in [3.63, 3.8) is 0 Å². The third kappa shape index (κ3) is 8.71. The maximum absolute atomic E-state index is 11.7. The molecule has 0 saturated carbocycles. The summed E-state index contributed by atoms with van der Waals surface area (Å²) in [5.74, 6) is -0.778. The van der Waals surface area contributed by atoms with Crippen LogP contribution in [0.3, 0.4) is 0 Å². The Hall–Kier alpha value is -0.960. The highest BCUT2D eigenvalue weighted by molar-refractivity contribution is 7.98. The number of rotatable bonds is 8. The van der Waals surface area contributed by atoms with Crippen molar-refractivity contribution in [2.75, 3.05) is 37.6 Å². The van der Waals surface area contributed by atoms with Crippen molar-refractivity contribution < 1.29 is 23.1 Å². The van der Waals surface area contributed by atoms with Gasteiger partial charge in [0.05, 0.1) is 5.75 Å². The zero-order valence-electron chi connectivity index (χ0n) is 11.2. The smallest absolute Gasteiger partial charge is 0.326 e. The molecule has 0 spiro atoms. The van der Waals surface area contributed by atoms with Gasteiger partial charge in [-0.15, -0.1) is 0 Å². The predicted molar refractivity (Wildman–Crippen MR) is 75.3 cm³/mol. The van der Waals surface area contributed by atoms with E-state index in [1.807, 2.05) is 6.26 Å². The molecule has 0 radical (unpaired) electrons. The lowest BCUT2D eigenvalue weighted by molar-refractivity contribution is -0.139. The fraction of sp³-hybridized carbons (Fsp3) is 0.800. The van der Waals surface area contributed by atoms with E-state index in [-0.39, 0.29) is 12.2 Å². The van der Waals surface area contributed by atoms with Gasteiger partial charge < -0.3 is 15.3 Å². The van der Waals surface area contributed by atoms with E-state index in [0.29, 0.717) is 6.54 Å². The summed E-state index contributed by atoms with van der Waals surface area (Å²) in [5.41, 5.74) is 0. The number of nitrogens with zero attached hydrogens (tertiary/aromatic N) is 1. The minimum Gasteiger partial charge on any atom is -0.480 e. The molecule has 19 heavy (non-hydrogen) atoms. The summed E-state index contributed by atoms with van der Waals surface area (Å²) in [7, 11) is -1.70. The number of carbonyl (C=O) groups is 2. The highest BCUT2D eigenvalue weighted by atomic mass is 32.2. The van der Waals surface area contributed by atoms with Crippen LogP contribution in [0.2, 0.25) is 0 Å². The third-order valence-corrected chi connectivity index (χ3v) is 3.92. The van der Waals surface area contributed by atoms with Gasteiger partial charge in [-0.1, -0.05) is 0 Å². The quantitative estimate of drug-likeness (QED) is 0.647. The summed E-state index contributed by atoms with van der Waals surface area (Å²) >= 11 is 1.57. The molecule has 9 heteroatoms. The molecule has 2 amide bonds. The highest BCUT2D eigenvalue weighted by Gasteiger charge is 2.22. The number of hydrogen-bond donors (Lipinski definition) is 2. The first-order valence-electron chi connectivity index (χ1n) is 5.58. The fourth-order valence-electron chi connectivity index (χ4n) is 1.18. The molecular formula is C10H20N2O5S2. The van der Waals surface area contributed by atoms with Crippen LogP contribution >= 0.6 is 11.8 Å². The molecule has 7 nitrogen and oxygen atoms in total. The number of nitrogens with one attached hydrogen (secondary N) is 1. The summed E-state index contributed by atoms with van der Waals surface area (Å²) in [4.78, 5) is 24.0. The molecule has 0 aromatic rings. The summed E-state index contributed by atoms with van der Waals surface area (Å²) in [6.45, 7) is 0.491. The second kappa shape index (κ2) is 8.26. The number of sulfone groups is 1. The highest BCUT2D eigenvalue weighted by Crippen LogP contribution is 1.99. The van der Waals surface area contributed by atoms with Crippen molar-refractivity contribution in [3.8, 4) is 0 Å². The topological polar surface area (TPSA) is 104 Å². The van der Waals surface area contributed by atoms with Gasteiger partial charge in [-0.2, -0.15) is 11.8 Å². The Balaban J connectivity index is 4.42. The normalized spacial score (nSPS) is 12.8. The Kier molecular flexibility index (Phi) is 7.84. The van der Waals surface area contributed by atoms with Crippen LogP contribution in [-0.4, -0.2) is 74.1 Å². The molecule has 2 N–H and O–H groups in total. The number of hydrogen-bond acceptors (Lipinski definition) is 5. The van der Waals surface area contributed by atoms with Crippen molar-refractivity contribution in [2.24, 2.45) is 0 Å². The van der Waals surface area contributed by atoms with Crippen molar-refractivity contribution >= 4 is 33.6 Å². The van der Waals surface area contributed by atoms with Gasteiger partial charge in [-0.3, -0.25) is 0 Å². The lowest BCUT2D eigenvalue weighted by atomic mass is 10.2. The van der Waals surface area contributed by atoms with Crippen molar-refractivity contribution in [1.29, 1.82) is 0 Å². The molecule has 0 aromatic heterocycles. The third-order valence-electron chi connectivity index (χ3n) is 2.35. The van der Waals surface area contributed by atoms with Crippen LogP contribution in [0.15, 0.2) is 0 Å². The Labute approximate surface area is 117 Å². The molecule has 0 heterocycles. The van der Waals surface area contributed by atoms with Gasteiger partial charge in [0.1, 0.15) is 15.9 Å². The standard InChI is InChI=1S/C10H20N2O5S2/c1-12(5-6-18-2)10(15)11-8(9(13)14)4-7-19(3,16)17/h8H,4-7H2,1-3H3,(H,11,15)(H,13,14). The van der Waals surface area contributed by atoms with E-state index in [2.05, 4.69) is 5.32 Å². The minimum atomic E-state index is -3.25. The second-order valence-electron chi connectivity index (χ2n) is 4.17. The molecule has 0 aliphatic carbocycles. The number of carbonyl (C=O) groups excluding carboxylic acids is 1. The average Bonchev–Trinajstić information content (AvgIpc) is 2.29. The maximum atomic E-state index is 11.7. The lowest BCUT2D eigenvalue weighted by Crippen LogP contribution is -2.47. The molecule has 0 rings (SSSR count). The van der Waals surface area contributed by atoms with E-state index in [1.165, 1.54) is 4.90 Å². The van der Waals surface area contributed by atoms with E-state index >= 15 is 0 Å². The molecule has 1 atom stereocenters. The summed E-state index contributed by atoms with van der Waals surface area (Å²) in [6, 6.07) is -1.71. The van der Waals surface area contributed by atoms with Gasteiger partial charge in [0.15, 0.2) is 0 Å². The second-order valence-corrected chi connectivity index (χ2v) is 7.42. The predicted octanol–water partition coefficient (Wildman–Crippen LogP) is -0.121. The number of amides is 2. The van der Waals surface area contributed by atoms with Crippen molar-refractivity contribution in [1.82, 2.24) is 10.2 Å². The zero-order valence-corrected chi connectivity index (χ0v) is 12.9. The molecule has 0 aliphatic heterocycles. The monoisotopic (exact) mass is 312 g/mol. The number of aliphatic carboxylic acids is 1. The summed E-state index contributed by atoms with van der Waals surface area (Å²) in [6.07, 6.45) is 2.78. The number of thioether (sulfide) groups is 1. The average molecular weight is 312 g/mol. The first-order chi connectivity index (χ1) is 8.67. The van der Waals surface area contributed by atoms with E-state index < -0.39 is 27.9 Å². The molecule has 0 fully saturated rings. The molecule has 0 saturated heterocycles. The molecule has 0 aromatic carbocycles. The van der Waals surface area contributed by atoms with Gasteiger partial charge in [-0.05, 0) is 12.7 Å². The Morgan fingerprint density at radius 1 is 1.42 bits per heavy atom. The summed E-state index contributed by atoms with van der Waals surface area (Å²) in [5, 5.41) is 11.3. The Bertz CT molecular complexity index is 410. The largest absolute Gasteiger partial charge is 0.480 e. The van der Waals surface area contributed by atoms with Gasteiger partial charge in [-0.25, -0.2) is 18.0 Å². The van der Waals surface area contributed by atoms with Gasteiger partial charge >= 0.3 is 12.0 Å². The van der Waals surface area contributed by atoms with E-state index in [4.69, 9.17) is 5.11 Å². The van der Waals surface area contributed by atoms with Crippen molar-refractivity contribution in [3.05, 3.63) is 0 Å². The molecule has 0 bridgehead atoms. The SMILES string of the molecule is CSCCN(C)C(=O)NC(CCS(C)(=O)=O)C(=O)O. The van der Waals surface area contributed by atoms with Crippen LogP contribution in [0.4, 0.5) is 4.79 Å². The fourth-order valence-corrected chi connectivity index (χ4v) is 2.30. The van der Waals surface area contributed by atoms with E-state index in [1.54, 1.807) is 18.8 Å². The van der Waals surface area contributed by atoms with Gasteiger partial charge in [0.2, 0.25) is 0 Å². The van der Waals surface area contributed by atoms with Crippen LogP contribution in [-0.2, 0) is 14.6 Å². The molecule has 112 valence electrons. The minimum absolute atomic E-state index is 0.143. The molecule has 1 unspecified atom stereocenters. The van der Waals surface area contributed by atoms with E-state index in [0.717, 1.165) is 12.0 Å². The van der Waals surface area contributed by atoms with E-state index in [9.17, 15) is 18.0 Å².